The van der Waals surface area contributed by atoms with Gasteiger partial charge in [0.05, 0.1) is 28.7 Å². The molecular weight excluding hydrogens is 336 g/mol. The van der Waals surface area contributed by atoms with Gasteiger partial charge in [-0.25, -0.2) is 4.68 Å². The van der Waals surface area contributed by atoms with E-state index in [0.717, 1.165) is 16.1 Å². The molecule has 0 saturated carbocycles. The molecule has 1 aromatic carbocycles. The van der Waals surface area contributed by atoms with Crippen LogP contribution in [0.2, 0.25) is 0 Å². The number of carbonyl (C=O) groups is 2. The zero-order valence-corrected chi connectivity index (χ0v) is 15.0. The number of nitrogens with two attached hydrogens (primary N) is 1. The van der Waals surface area contributed by atoms with Crippen molar-refractivity contribution in [3.05, 3.63) is 63.8 Å². The molecule has 0 aliphatic heterocycles. The van der Waals surface area contributed by atoms with Crippen molar-refractivity contribution < 1.29 is 9.59 Å². The predicted molar refractivity (Wildman–Crippen MR) is 98.6 cm³/mol. The Morgan fingerprint density at radius 3 is 2.48 bits per heavy atom. The summed E-state index contributed by atoms with van der Waals surface area (Å²) in [6.07, 6.45) is 1.52. The molecule has 2 amide bonds. The van der Waals surface area contributed by atoms with Gasteiger partial charge in [0.1, 0.15) is 5.00 Å². The molecule has 2 heterocycles. The number of nitrogens with one attached hydrogen (secondary N) is 1. The van der Waals surface area contributed by atoms with E-state index < -0.39 is 5.91 Å². The number of rotatable bonds is 4. The topological polar surface area (TPSA) is 90.0 Å². The van der Waals surface area contributed by atoms with E-state index in [-0.39, 0.29) is 5.91 Å². The molecule has 0 spiro atoms. The Bertz CT molecular complexity index is 957. The van der Waals surface area contributed by atoms with Gasteiger partial charge < -0.3 is 11.1 Å². The fourth-order valence-electron chi connectivity index (χ4n) is 2.64. The molecule has 7 heteroatoms. The third-order valence-electron chi connectivity index (χ3n) is 4.11. The van der Waals surface area contributed by atoms with Crippen LogP contribution in [0.15, 0.2) is 36.5 Å². The molecule has 6 nitrogen and oxygen atoms in total. The lowest BCUT2D eigenvalue weighted by atomic mass is 10.1. The van der Waals surface area contributed by atoms with Gasteiger partial charge in [0.2, 0.25) is 0 Å². The largest absolute Gasteiger partial charge is 0.365 e. The van der Waals surface area contributed by atoms with Crippen LogP contribution in [0.25, 0.3) is 5.69 Å². The maximum absolute atomic E-state index is 12.7. The zero-order chi connectivity index (χ0) is 18.1. The summed E-state index contributed by atoms with van der Waals surface area (Å²) in [6.45, 7) is 5.54. The van der Waals surface area contributed by atoms with Crippen molar-refractivity contribution >= 4 is 28.2 Å². The lowest BCUT2D eigenvalue weighted by molar-refractivity contribution is 0.100. The van der Waals surface area contributed by atoms with Crippen molar-refractivity contribution in [2.24, 2.45) is 5.73 Å². The van der Waals surface area contributed by atoms with Crippen LogP contribution in [0.4, 0.5) is 5.00 Å². The van der Waals surface area contributed by atoms with Crippen LogP contribution >= 0.6 is 11.3 Å². The average Bonchev–Trinajstić information content (AvgIpc) is 3.08. The summed E-state index contributed by atoms with van der Waals surface area (Å²) in [6, 6.07) is 9.57. The zero-order valence-electron chi connectivity index (χ0n) is 14.2. The fraction of sp³-hybridized carbons (Fsp3) is 0.167. The van der Waals surface area contributed by atoms with E-state index in [2.05, 4.69) is 10.4 Å². The van der Waals surface area contributed by atoms with Gasteiger partial charge in [-0.1, -0.05) is 18.2 Å². The van der Waals surface area contributed by atoms with Crippen molar-refractivity contribution in [3.63, 3.8) is 0 Å². The maximum Gasteiger partial charge on any atom is 0.259 e. The number of thiophene rings is 1. The van der Waals surface area contributed by atoms with Gasteiger partial charge >= 0.3 is 0 Å². The summed E-state index contributed by atoms with van der Waals surface area (Å²) in [7, 11) is 0. The van der Waals surface area contributed by atoms with Gasteiger partial charge in [-0.15, -0.1) is 11.3 Å². The average molecular weight is 354 g/mol. The van der Waals surface area contributed by atoms with Gasteiger partial charge in [0, 0.05) is 4.88 Å². The number of hydrogen-bond donors (Lipinski definition) is 2. The highest BCUT2D eigenvalue weighted by molar-refractivity contribution is 7.16. The third kappa shape index (κ3) is 3.06. The number of aromatic nitrogens is 2. The van der Waals surface area contributed by atoms with E-state index in [1.165, 1.54) is 17.5 Å². The number of anilines is 1. The minimum Gasteiger partial charge on any atom is -0.365 e. The Kier molecular flexibility index (Phi) is 4.41. The molecule has 0 bridgehead atoms. The van der Waals surface area contributed by atoms with E-state index in [9.17, 15) is 9.59 Å². The molecular formula is C18H18N4O2S. The number of nitrogens with zero attached hydrogens (tertiary/aromatic N) is 2. The summed E-state index contributed by atoms with van der Waals surface area (Å²) in [5.74, 6) is -0.864. The number of benzene rings is 1. The Balaban J connectivity index is 1.92. The first-order valence-corrected chi connectivity index (χ1v) is 8.53. The monoisotopic (exact) mass is 354 g/mol. The number of primary amides is 1. The summed E-state index contributed by atoms with van der Waals surface area (Å²) in [4.78, 5) is 25.3. The van der Waals surface area contributed by atoms with Crippen molar-refractivity contribution in [3.8, 4) is 5.69 Å². The minimum absolute atomic E-state index is 0.316. The van der Waals surface area contributed by atoms with E-state index in [1.807, 2.05) is 51.1 Å². The molecule has 0 unspecified atom stereocenters. The predicted octanol–water partition coefficient (Wildman–Crippen LogP) is 3.21. The SMILES string of the molecule is Cc1sc(NC(=O)c2cnn(-c3ccccc3)c2C)c(C(N)=O)c1C. The van der Waals surface area contributed by atoms with Crippen molar-refractivity contribution in [1.29, 1.82) is 0 Å². The van der Waals surface area contributed by atoms with Gasteiger partial charge in [0.15, 0.2) is 0 Å². The van der Waals surface area contributed by atoms with Crippen LogP contribution in [-0.2, 0) is 0 Å². The van der Waals surface area contributed by atoms with E-state index >= 15 is 0 Å². The van der Waals surface area contributed by atoms with Crippen LogP contribution in [0, 0.1) is 20.8 Å². The number of aryl methyl sites for hydroxylation is 1. The summed E-state index contributed by atoms with van der Waals surface area (Å²) >= 11 is 1.34. The normalized spacial score (nSPS) is 10.7. The van der Waals surface area contributed by atoms with Gasteiger partial charge in [0.25, 0.3) is 11.8 Å². The Labute approximate surface area is 149 Å². The molecule has 0 aliphatic carbocycles. The molecule has 25 heavy (non-hydrogen) atoms. The second-order valence-corrected chi connectivity index (χ2v) is 6.92. The van der Waals surface area contributed by atoms with Gasteiger partial charge in [-0.3, -0.25) is 9.59 Å². The van der Waals surface area contributed by atoms with Crippen LogP contribution in [0.3, 0.4) is 0 Å². The summed E-state index contributed by atoms with van der Waals surface area (Å²) in [5, 5.41) is 7.57. The van der Waals surface area contributed by atoms with Gasteiger partial charge in [-0.2, -0.15) is 5.10 Å². The number of carbonyl (C=O) groups excluding carboxylic acids is 2. The van der Waals surface area contributed by atoms with Crippen LogP contribution in [-0.4, -0.2) is 21.6 Å². The lowest BCUT2D eigenvalue weighted by Crippen LogP contribution is -2.17. The molecule has 0 radical (unpaired) electrons. The molecule has 128 valence electrons. The third-order valence-corrected chi connectivity index (χ3v) is 5.24. The molecule has 3 N–H and O–H groups in total. The first-order chi connectivity index (χ1) is 11.9. The van der Waals surface area contributed by atoms with Crippen LogP contribution < -0.4 is 11.1 Å². The van der Waals surface area contributed by atoms with Crippen molar-refractivity contribution in [1.82, 2.24) is 9.78 Å². The highest BCUT2D eigenvalue weighted by Crippen LogP contribution is 2.32. The van der Waals surface area contributed by atoms with Crippen LogP contribution in [0.1, 0.15) is 36.9 Å². The molecule has 0 aliphatic rings. The first kappa shape index (κ1) is 16.9. The molecule has 0 saturated heterocycles. The Hall–Kier alpha value is -2.93. The minimum atomic E-state index is -0.547. The smallest absolute Gasteiger partial charge is 0.259 e. The highest BCUT2D eigenvalue weighted by Gasteiger charge is 2.21. The number of amides is 2. The van der Waals surface area contributed by atoms with E-state index in [0.29, 0.717) is 21.8 Å². The molecule has 0 fully saturated rings. The van der Waals surface area contributed by atoms with Gasteiger partial charge in [-0.05, 0) is 38.5 Å². The number of hydrogen-bond acceptors (Lipinski definition) is 4. The van der Waals surface area contributed by atoms with Crippen molar-refractivity contribution in [2.75, 3.05) is 5.32 Å². The highest BCUT2D eigenvalue weighted by atomic mass is 32.1. The molecule has 2 aromatic heterocycles. The Morgan fingerprint density at radius 1 is 1.16 bits per heavy atom. The summed E-state index contributed by atoms with van der Waals surface area (Å²) in [5.41, 5.74) is 8.65. The first-order valence-electron chi connectivity index (χ1n) is 7.71. The molecule has 3 aromatic rings. The lowest BCUT2D eigenvalue weighted by Gasteiger charge is -2.06. The van der Waals surface area contributed by atoms with E-state index in [1.54, 1.807) is 4.68 Å². The molecule has 3 rings (SSSR count). The second kappa shape index (κ2) is 6.52. The van der Waals surface area contributed by atoms with Crippen molar-refractivity contribution in [2.45, 2.75) is 20.8 Å². The molecule has 0 atom stereocenters. The van der Waals surface area contributed by atoms with E-state index in [4.69, 9.17) is 5.73 Å². The standard InChI is InChI=1S/C18H18N4O2S/c1-10-12(3)25-18(15(10)16(19)23)21-17(24)14-9-20-22(11(14)2)13-7-5-4-6-8-13/h4-9H,1-3H3,(H2,19,23)(H,21,24). The number of para-hydroxylation sites is 1. The Morgan fingerprint density at radius 2 is 1.84 bits per heavy atom. The maximum atomic E-state index is 12.7. The quantitative estimate of drug-likeness (QED) is 0.754. The second-order valence-electron chi connectivity index (χ2n) is 5.70. The van der Waals surface area contributed by atoms with Crippen LogP contribution in [0.5, 0.6) is 0 Å². The fourth-order valence-corrected chi connectivity index (χ4v) is 3.71. The summed E-state index contributed by atoms with van der Waals surface area (Å²) < 4.78 is 1.70.